The maximum absolute atomic E-state index is 5.81. The van der Waals surface area contributed by atoms with Crippen molar-refractivity contribution in [3.05, 3.63) is 29.8 Å². The van der Waals surface area contributed by atoms with Crippen LogP contribution in [0.3, 0.4) is 0 Å². The van der Waals surface area contributed by atoms with Gasteiger partial charge in [0, 0.05) is 5.69 Å². The predicted molar refractivity (Wildman–Crippen MR) is 105 cm³/mol. The van der Waals surface area contributed by atoms with Gasteiger partial charge in [0.05, 0.1) is 0 Å². The first kappa shape index (κ1) is 20.1. The maximum Gasteiger partial charge on any atom is 0.0316 e. The van der Waals surface area contributed by atoms with Gasteiger partial charge in [-0.1, -0.05) is 103 Å². The fraction of sp³-hybridized carbons (Fsp3) is 0.727. The van der Waals surface area contributed by atoms with Crippen LogP contribution < -0.4 is 5.73 Å². The van der Waals surface area contributed by atoms with E-state index in [1.54, 1.807) is 0 Å². The number of aryl methyl sites for hydroxylation is 1. The van der Waals surface area contributed by atoms with Crippen LogP contribution in [0, 0.1) is 0 Å². The molecular formula is C22H39N. The van der Waals surface area contributed by atoms with E-state index >= 15 is 0 Å². The molecule has 0 unspecified atom stereocenters. The van der Waals surface area contributed by atoms with Gasteiger partial charge in [-0.05, 0) is 30.5 Å². The number of benzene rings is 1. The highest BCUT2D eigenvalue weighted by atomic mass is 14.5. The van der Waals surface area contributed by atoms with Crippen molar-refractivity contribution in [2.75, 3.05) is 5.73 Å². The van der Waals surface area contributed by atoms with Crippen molar-refractivity contribution < 1.29 is 0 Å². The first-order chi connectivity index (χ1) is 11.3. The monoisotopic (exact) mass is 317 g/mol. The van der Waals surface area contributed by atoms with Crippen LogP contribution in [0.1, 0.15) is 102 Å². The summed E-state index contributed by atoms with van der Waals surface area (Å²) < 4.78 is 0. The van der Waals surface area contributed by atoms with Gasteiger partial charge in [0.1, 0.15) is 0 Å². The molecule has 1 nitrogen and oxygen atoms in total. The summed E-state index contributed by atoms with van der Waals surface area (Å²) in [5.74, 6) is 0. The SMILES string of the molecule is CCCCCCCCCCCCCCCCc1cccc(N)c1. The van der Waals surface area contributed by atoms with Crippen LogP contribution in [-0.2, 0) is 6.42 Å². The van der Waals surface area contributed by atoms with Crippen LogP contribution >= 0.6 is 0 Å². The summed E-state index contributed by atoms with van der Waals surface area (Å²) in [5.41, 5.74) is 8.10. The van der Waals surface area contributed by atoms with Crippen LogP contribution in [0.5, 0.6) is 0 Å². The highest BCUT2D eigenvalue weighted by Crippen LogP contribution is 2.14. The van der Waals surface area contributed by atoms with Crippen molar-refractivity contribution in [3.8, 4) is 0 Å². The second kappa shape index (κ2) is 14.6. The molecule has 1 rings (SSSR count). The molecule has 23 heavy (non-hydrogen) atoms. The van der Waals surface area contributed by atoms with Gasteiger partial charge in [0.25, 0.3) is 0 Å². The maximum atomic E-state index is 5.81. The lowest BCUT2D eigenvalue weighted by atomic mass is 10.0. The van der Waals surface area contributed by atoms with Crippen molar-refractivity contribution in [3.63, 3.8) is 0 Å². The molecule has 1 aromatic carbocycles. The molecule has 1 aromatic rings. The van der Waals surface area contributed by atoms with Crippen LogP contribution in [0.2, 0.25) is 0 Å². The van der Waals surface area contributed by atoms with Gasteiger partial charge in [-0.3, -0.25) is 0 Å². The fourth-order valence-electron chi connectivity index (χ4n) is 3.27. The molecule has 0 heterocycles. The first-order valence-electron chi connectivity index (χ1n) is 10.2. The Balaban J connectivity index is 1.78. The molecule has 0 atom stereocenters. The third-order valence-corrected chi connectivity index (χ3v) is 4.77. The van der Waals surface area contributed by atoms with Crippen molar-refractivity contribution in [2.45, 2.75) is 103 Å². The van der Waals surface area contributed by atoms with E-state index in [0.717, 1.165) is 5.69 Å². The topological polar surface area (TPSA) is 26.0 Å². The summed E-state index contributed by atoms with van der Waals surface area (Å²) >= 11 is 0. The van der Waals surface area contributed by atoms with E-state index in [-0.39, 0.29) is 0 Å². The van der Waals surface area contributed by atoms with Crippen LogP contribution in [-0.4, -0.2) is 0 Å². The van der Waals surface area contributed by atoms with Gasteiger partial charge < -0.3 is 5.73 Å². The highest BCUT2D eigenvalue weighted by Gasteiger charge is 1.96. The summed E-state index contributed by atoms with van der Waals surface area (Å²) in [5, 5.41) is 0. The lowest BCUT2D eigenvalue weighted by Gasteiger charge is -2.04. The minimum atomic E-state index is 0.896. The van der Waals surface area contributed by atoms with Gasteiger partial charge in [0.15, 0.2) is 0 Å². The van der Waals surface area contributed by atoms with Gasteiger partial charge >= 0.3 is 0 Å². The molecule has 0 aliphatic carbocycles. The Bertz CT molecular complexity index is 372. The van der Waals surface area contributed by atoms with E-state index in [0.29, 0.717) is 0 Å². The van der Waals surface area contributed by atoms with Crippen LogP contribution in [0.4, 0.5) is 5.69 Å². The Morgan fingerprint density at radius 2 is 1.13 bits per heavy atom. The summed E-state index contributed by atoms with van der Waals surface area (Å²) in [4.78, 5) is 0. The third-order valence-electron chi connectivity index (χ3n) is 4.77. The lowest BCUT2D eigenvalue weighted by Crippen LogP contribution is -1.89. The number of nitrogen functional groups attached to an aromatic ring is 1. The molecule has 0 aromatic heterocycles. The number of nitrogens with two attached hydrogens (primary N) is 1. The highest BCUT2D eigenvalue weighted by molar-refractivity contribution is 5.40. The van der Waals surface area contributed by atoms with Crippen molar-refractivity contribution >= 4 is 5.69 Å². The molecule has 1 heteroatoms. The Morgan fingerprint density at radius 1 is 0.652 bits per heavy atom. The minimum absolute atomic E-state index is 0.896. The molecule has 0 radical (unpaired) electrons. The largest absolute Gasteiger partial charge is 0.399 e. The third kappa shape index (κ3) is 12.1. The summed E-state index contributed by atoms with van der Waals surface area (Å²) in [6.45, 7) is 2.29. The smallest absolute Gasteiger partial charge is 0.0316 e. The average molecular weight is 318 g/mol. The van der Waals surface area contributed by atoms with Gasteiger partial charge in [-0.25, -0.2) is 0 Å². The number of hydrogen-bond acceptors (Lipinski definition) is 1. The standard InChI is InChI=1S/C22H39N/c1-2-3-4-5-6-7-8-9-10-11-12-13-14-15-17-21-18-16-19-22(23)20-21/h16,18-20H,2-15,17,23H2,1H3. The molecule has 0 saturated carbocycles. The van der Waals surface area contributed by atoms with E-state index in [4.69, 9.17) is 5.73 Å². The number of rotatable bonds is 15. The molecule has 0 aliphatic heterocycles. The van der Waals surface area contributed by atoms with Crippen LogP contribution in [0.15, 0.2) is 24.3 Å². The zero-order valence-electron chi connectivity index (χ0n) is 15.5. The second-order valence-electron chi connectivity index (χ2n) is 7.09. The van der Waals surface area contributed by atoms with Crippen molar-refractivity contribution in [1.82, 2.24) is 0 Å². The molecule has 0 aliphatic rings. The minimum Gasteiger partial charge on any atom is -0.399 e. The molecule has 132 valence electrons. The lowest BCUT2D eigenvalue weighted by molar-refractivity contribution is 0.535. The Morgan fingerprint density at radius 3 is 1.61 bits per heavy atom. The summed E-state index contributed by atoms with van der Waals surface area (Å²) in [6.07, 6.45) is 21.1. The Hall–Kier alpha value is -0.980. The Labute approximate surface area is 145 Å². The zero-order valence-corrected chi connectivity index (χ0v) is 15.5. The van der Waals surface area contributed by atoms with Crippen molar-refractivity contribution in [2.24, 2.45) is 0 Å². The van der Waals surface area contributed by atoms with Gasteiger partial charge in [-0.15, -0.1) is 0 Å². The normalized spacial score (nSPS) is 11.0. The van der Waals surface area contributed by atoms with Crippen molar-refractivity contribution in [1.29, 1.82) is 0 Å². The first-order valence-corrected chi connectivity index (χ1v) is 10.2. The number of hydrogen-bond donors (Lipinski definition) is 1. The quantitative estimate of drug-likeness (QED) is 0.267. The molecule has 0 bridgehead atoms. The second-order valence-corrected chi connectivity index (χ2v) is 7.09. The molecule has 0 amide bonds. The molecular weight excluding hydrogens is 278 g/mol. The van der Waals surface area contributed by atoms with E-state index < -0.39 is 0 Å². The summed E-state index contributed by atoms with van der Waals surface area (Å²) in [6, 6.07) is 8.34. The number of unbranched alkanes of at least 4 members (excludes halogenated alkanes) is 13. The number of anilines is 1. The molecule has 2 N–H and O–H groups in total. The van der Waals surface area contributed by atoms with E-state index in [1.807, 2.05) is 6.07 Å². The van der Waals surface area contributed by atoms with E-state index in [9.17, 15) is 0 Å². The average Bonchev–Trinajstić information content (AvgIpc) is 2.55. The van der Waals surface area contributed by atoms with E-state index in [2.05, 4.69) is 25.1 Å². The molecule has 0 fully saturated rings. The predicted octanol–water partition coefficient (Wildman–Crippen LogP) is 7.29. The van der Waals surface area contributed by atoms with Gasteiger partial charge in [0.2, 0.25) is 0 Å². The fourth-order valence-corrected chi connectivity index (χ4v) is 3.27. The van der Waals surface area contributed by atoms with Crippen LogP contribution in [0.25, 0.3) is 0 Å². The molecule has 0 saturated heterocycles. The zero-order chi connectivity index (χ0) is 16.6. The summed E-state index contributed by atoms with van der Waals surface area (Å²) in [7, 11) is 0. The van der Waals surface area contributed by atoms with Gasteiger partial charge in [-0.2, -0.15) is 0 Å². The molecule has 0 spiro atoms. The Kier molecular flexibility index (Phi) is 12.7. The van der Waals surface area contributed by atoms with E-state index in [1.165, 1.54) is 102 Å².